The van der Waals surface area contributed by atoms with Crippen LogP contribution in [0.5, 0.6) is 17.2 Å². The Morgan fingerprint density at radius 3 is 2.41 bits per heavy atom. The average Bonchev–Trinajstić information content (AvgIpc) is 3.35. The lowest BCUT2D eigenvalue weighted by Crippen LogP contribution is -2.47. The Hall–Kier alpha value is -3.76. The van der Waals surface area contributed by atoms with Crippen LogP contribution in [0.2, 0.25) is 0 Å². The standard InChI is InChI=1S/C27H26FN3O3/c28-24-15-22(17-29)5-7-25(24)31-13-11-30(12-14-31)10-9-20-1-3-21(4-2-20)18-32-23-6-8-26-27(16-23)34-19-33-26/h1-8,15-16H,9-14,18-19H2. The quantitative estimate of drug-likeness (QED) is 0.523. The highest BCUT2D eigenvalue weighted by molar-refractivity contribution is 5.51. The van der Waals surface area contributed by atoms with Crippen LogP contribution >= 0.6 is 0 Å². The predicted octanol–water partition coefficient (Wildman–Crippen LogP) is 4.37. The Bertz CT molecular complexity index is 1180. The topological polar surface area (TPSA) is 58.0 Å². The van der Waals surface area contributed by atoms with Crippen LogP contribution in [0, 0.1) is 17.1 Å². The van der Waals surface area contributed by atoms with E-state index in [1.807, 2.05) is 24.3 Å². The van der Waals surface area contributed by atoms with Gasteiger partial charge in [0.25, 0.3) is 0 Å². The number of nitrogens with zero attached hydrogens (tertiary/aromatic N) is 3. The number of rotatable bonds is 7. The third-order valence-electron chi connectivity index (χ3n) is 6.28. The largest absolute Gasteiger partial charge is 0.489 e. The van der Waals surface area contributed by atoms with Gasteiger partial charge in [-0.2, -0.15) is 5.26 Å². The zero-order valence-corrected chi connectivity index (χ0v) is 18.9. The van der Waals surface area contributed by atoms with Gasteiger partial charge in [0.1, 0.15) is 18.2 Å². The minimum atomic E-state index is -0.324. The summed E-state index contributed by atoms with van der Waals surface area (Å²) in [7, 11) is 0. The monoisotopic (exact) mass is 459 g/mol. The highest BCUT2D eigenvalue weighted by Crippen LogP contribution is 2.35. The molecule has 34 heavy (non-hydrogen) atoms. The molecule has 2 aliphatic heterocycles. The Kier molecular flexibility index (Phi) is 6.50. The molecule has 3 aromatic rings. The normalized spacial score (nSPS) is 15.2. The Morgan fingerprint density at radius 1 is 0.882 bits per heavy atom. The molecular weight excluding hydrogens is 433 g/mol. The van der Waals surface area contributed by atoms with Gasteiger partial charge in [0.15, 0.2) is 11.5 Å². The number of ether oxygens (including phenoxy) is 3. The van der Waals surface area contributed by atoms with Crippen molar-refractivity contribution in [3.05, 3.63) is 83.2 Å². The molecule has 0 radical (unpaired) electrons. The van der Waals surface area contributed by atoms with Crippen LogP contribution in [-0.4, -0.2) is 44.4 Å². The first kappa shape index (κ1) is 22.1. The molecule has 0 saturated carbocycles. The molecule has 0 N–H and O–H groups in total. The van der Waals surface area contributed by atoms with E-state index in [9.17, 15) is 4.39 Å². The van der Waals surface area contributed by atoms with Crippen LogP contribution in [0.4, 0.5) is 10.1 Å². The second-order valence-corrected chi connectivity index (χ2v) is 8.48. The fourth-order valence-electron chi connectivity index (χ4n) is 4.27. The predicted molar refractivity (Wildman–Crippen MR) is 127 cm³/mol. The number of hydrogen-bond acceptors (Lipinski definition) is 6. The van der Waals surface area contributed by atoms with Crippen LogP contribution in [0.3, 0.4) is 0 Å². The summed E-state index contributed by atoms with van der Waals surface area (Å²) < 4.78 is 30.9. The summed E-state index contributed by atoms with van der Waals surface area (Å²) in [4.78, 5) is 4.47. The fourth-order valence-corrected chi connectivity index (χ4v) is 4.27. The summed E-state index contributed by atoms with van der Waals surface area (Å²) in [5.41, 5.74) is 3.33. The lowest BCUT2D eigenvalue weighted by atomic mass is 10.1. The highest BCUT2D eigenvalue weighted by Gasteiger charge is 2.19. The van der Waals surface area contributed by atoms with E-state index in [1.165, 1.54) is 11.6 Å². The summed E-state index contributed by atoms with van der Waals surface area (Å²) >= 11 is 0. The molecule has 7 heteroatoms. The van der Waals surface area contributed by atoms with Crippen LogP contribution in [0.25, 0.3) is 0 Å². The minimum Gasteiger partial charge on any atom is -0.489 e. The molecule has 1 fully saturated rings. The van der Waals surface area contributed by atoms with Gasteiger partial charge in [-0.25, -0.2) is 4.39 Å². The smallest absolute Gasteiger partial charge is 0.231 e. The van der Waals surface area contributed by atoms with E-state index < -0.39 is 0 Å². The van der Waals surface area contributed by atoms with Crippen molar-refractivity contribution in [3.63, 3.8) is 0 Å². The number of nitriles is 1. The molecule has 2 aliphatic rings. The van der Waals surface area contributed by atoms with E-state index in [0.717, 1.165) is 62.0 Å². The molecule has 0 spiro atoms. The maximum absolute atomic E-state index is 14.3. The first-order valence-electron chi connectivity index (χ1n) is 11.5. The molecule has 0 unspecified atom stereocenters. The second kappa shape index (κ2) is 10.0. The van der Waals surface area contributed by atoms with Crippen molar-refractivity contribution in [2.24, 2.45) is 0 Å². The molecule has 1 saturated heterocycles. The minimum absolute atomic E-state index is 0.256. The molecule has 0 amide bonds. The second-order valence-electron chi connectivity index (χ2n) is 8.48. The van der Waals surface area contributed by atoms with Gasteiger partial charge in [0, 0.05) is 38.8 Å². The third kappa shape index (κ3) is 5.08. The van der Waals surface area contributed by atoms with Crippen molar-refractivity contribution >= 4 is 5.69 Å². The number of halogens is 1. The van der Waals surface area contributed by atoms with Crippen molar-refractivity contribution in [1.29, 1.82) is 5.26 Å². The molecule has 174 valence electrons. The van der Waals surface area contributed by atoms with Crippen molar-refractivity contribution in [1.82, 2.24) is 4.90 Å². The van der Waals surface area contributed by atoms with Gasteiger partial charge in [-0.15, -0.1) is 0 Å². The first-order valence-corrected chi connectivity index (χ1v) is 11.5. The van der Waals surface area contributed by atoms with Gasteiger partial charge in [-0.1, -0.05) is 24.3 Å². The van der Waals surface area contributed by atoms with E-state index in [1.54, 1.807) is 12.1 Å². The van der Waals surface area contributed by atoms with Crippen LogP contribution < -0.4 is 19.1 Å². The van der Waals surface area contributed by atoms with Gasteiger partial charge in [-0.3, -0.25) is 4.90 Å². The van der Waals surface area contributed by atoms with Gasteiger partial charge in [0.2, 0.25) is 6.79 Å². The molecule has 0 atom stereocenters. The third-order valence-corrected chi connectivity index (χ3v) is 6.28. The SMILES string of the molecule is N#Cc1ccc(N2CCN(CCc3ccc(COc4ccc5c(c4)OCO5)cc3)CC2)c(F)c1. The summed E-state index contributed by atoms with van der Waals surface area (Å²) in [6.45, 7) is 5.05. The van der Waals surface area contributed by atoms with Gasteiger partial charge >= 0.3 is 0 Å². The number of benzene rings is 3. The highest BCUT2D eigenvalue weighted by atomic mass is 19.1. The maximum Gasteiger partial charge on any atom is 0.231 e. The number of piperazine rings is 1. The zero-order valence-electron chi connectivity index (χ0n) is 18.9. The van der Waals surface area contributed by atoms with Gasteiger partial charge in [0.05, 0.1) is 17.3 Å². The molecule has 0 aliphatic carbocycles. The van der Waals surface area contributed by atoms with Crippen LogP contribution in [-0.2, 0) is 13.0 Å². The number of anilines is 1. The number of hydrogen-bond donors (Lipinski definition) is 0. The molecular formula is C27H26FN3O3. The Balaban J connectivity index is 1.07. The van der Waals surface area contributed by atoms with E-state index in [-0.39, 0.29) is 12.6 Å². The molecule has 0 bridgehead atoms. The van der Waals surface area contributed by atoms with Crippen molar-refractivity contribution in [2.75, 3.05) is 44.4 Å². The first-order chi connectivity index (χ1) is 16.7. The molecule has 3 aromatic carbocycles. The van der Waals surface area contributed by atoms with Gasteiger partial charge in [-0.05, 0) is 47.9 Å². The van der Waals surface area contributed by atoms with Crippen molar-refractivity contribution in [2.45, 2.75) is 13.0 Å². The van der Waals surface area contributed by atoms with Gasteiger partial charge < -0.3 is 19.1 Å². The lowest BCUT2D eigenvalue weighted by Gasteiger charge is -2.36. The molecule has 2 heterocycles. The summed E-state index contributed by atoms with van der Waals surface area (Å²) in [6, 6.07) is 20.8. The van der Waals surface area contributed by atoms with Crippen molar-refractivity contribution in [3.8, 4) is 23.3 Å². The maximum atomic E-state index is 14.3. The molecule has 5 rings (SSSR count). The Labute approximate surface area is 198 Å². The van der Waals surface area contributed by atoms with Crippen LogP contribution in [0.15, 0.2) is 60.7 Å². The molecule has 6 nitrogen and oxygen atoms in total. The summed E-state index contributed by atoms with van der Waals surface area (Å²) in [6.07, 6.45) is 0.967. The zero-order chi connectivity index (χ0) is 23.3. The van der Waals surface area contributed by atoms with E-state index >= 15 is 0 Å². The van der Waals surface area contributed by atoms with E-state index in [4.69, 9.17) is 19.5 Å². The van der Waals surface area contributed by atoms with Crippen molar-refractivity contribution < 1.29 is 18.6 Å². The van der Waals surface area contributed by atoms with E-state index in [0.29, 0.717) is 17.9 Å². The Morgan fingerprint density at radius 2 is 1.65 bits per heavy atom. The molecule has 0 aromatic heterocycles. The van der Waals surface area contributed by atoms with Crippen LogP contribution in [0.1, 0.15) is 16.7 Å². The number of fused-ring (bicyclic) bond motifs is 1. The van der Waals surface area contributed by atoms with E-state index in [2.05, 4.69) is 34.1 Å². The summed E-state index contributed by atoms with van der Waals surface area (Å²) in [5, 5.41) is 8.92. The lowest BCUT2D eigenvalue weighted by molar-refractivity contribution is 0.173. The fraction of sp³-hybridized carbons (Fsp3) is 0.296. The summed E-state index contributed by atoms with van der Waals surface area (Å²) in [5.74, 6) is 1.90. The average molecular weight is 460 g/mol.